The number of amides is 2. The lowest BCUT2D eigenvalue weighted by Gasteiger charge is -2.36. The summed E-state index contributed by atoms with van der Waals surface area (Å²) in [5.41, 5.74) is 23.1. The van der Waals surface area contributed by atoms with Gasteiger partial charge in [0.15, 0.2) is 11.9 Å². The highest BCUT2D eigenvalue weighted by Crippen LogP contribution is 2.20. The van der Waals surface area contributed by atoms with Crippen LogP contribution in [0.5, 0.6) is 0 Å². The van der Waals surface area contributed by atoms with E-state index in [1.54, 1.807) is 31.6 Å². The Balaban J connectivity index is 0.00000845. The Bertz CT molecular complexity index is 1800. The first-order valence-corrected chi connectivity index (χ1v) is 20.3. The average molecular weight is 887 g/mol. The first-order valence-electron chi connectivity index (χ1n) is 20.3. The van der Waals surface area contributed by atoms with Crippen molar-refractivity contribution in [3.8, 4) is 12.3 Å². The molecule has 0 atom stereocenters. The Kier molecular flexibility index (Phi) is 20.6. The Morgan fingerprint density at radius 3 is 1.58 bits per heavy atom. The molecule has 0 radical (unpaired) electrons. The number of piperazine rings is 2. The van der Waals surface area contributed by atoms with E-state index in [1.165, 1.54) is 0 Å². The van der Waals surface area contributed by atoms with Crippen LogP contribution in [0.15, 0.2) is 22.4 Å². The van der Waals surface area contributed by atoms with Crippen molar-refractivity contribution in [3.05, 3.63) is 23.8 Å². The smallest absolute Gasteiger partial charge is 0.244 e. The third-order valence-electron chi connectivity index (χ3n) is 9.44. The van der Waals surface area contributed by atoms with Crippen LogP contribution >= 0.6 is 12.4 Å². The van der Waals surface area contributed by atoms with Crippen molar-refractivity contribution in [1.29, 1.82) is 0 Å². The zero-order chi connectivity index (χ0) is 43.2. The summed E-state index contributed by atoms with van der Waals surface area (Å²) in [5, 5.41) is 19.9. The van der Waals surface area contributed by atoms with Crippen LogP contribution in [0, 0.1) is 12.3 Å². The highest BCUT2D eigenvalue weighted by molar-refractivity contribution is 5.85. The van der Waals surface area contributed by atoms with Gasteiger partial charge in [0, 0.05) is 84.4 Å². The van der Waals surface area contributed by atoms with Crippen molar-refractivity contribution >= 4 is 54.0 Å². The van der Waals surface area contributed by atoms with E-state index in [1.807, 2.05) is 9.80 Å². The lowest BCUT2D eigenvalue weighted by Crippen LogP contribution is -2.51. The van der Waals surface area contributed by atoms with Crippen molar-refractivity contribution < 1.29 is 23.8 Å². The summed E-state index contributed by atoms with van der Waals surface area (Å²) < 4.78 is 19.5. The van der Waals surface area contributed by atoms with Crippen LogP contribution in [0.25, 0.3) is 0 Å². The van der Waals surface area contributed by atoms with Crippen LogP contribution in [0.4, 0.5) is 17.8 Å². The summed E-state index contributed by atoms with van der Waals surface area (Å²) in [6.07, 6.45) is 11.4. The van der Waals surface area contributed by atoms with Gasteiger partial charge in [0.05, 0.1) is 44.4 Å². The third kappa shape index (κ3) is 16.7. The molecule has 0 unspecified atom stereocenters. The number of carbonyl (C=O) groups excluding carboxylic acids is 2. The number of rotatable bonds is 25. The van der Waals surface area contributed by atoms with Gasteiger partial charge in [-0.1, -0.05) is 16.3 Å². The van der Waals surface area contributed by atoms with Crippen molar-refractivity contribution in [1.82, 2.24) is 54.7 Å². The standard InChI is InChI=1S/C36H58N20O5.ClH/c1-2-18-59-20-22-61-23-21-60-19-9-43-34-44-35(53-14-10-51(11-15-53)30(57)26-55-24-28(47-49-55)5-3-7-41-32(37)38)46-36(45-34)54-16-12-52(13-17-54)31(58)27-56-25-29(48-50-56)6-4-8-42-33(39)40;/h1,24-25H,3-23,26-27H2,(H4,37,38,41)(H4,39,40,42)(H,43,44,45,46);1H. The molecule has 3 aromatic rings. The number of aliphatic imine (C=N–C) groups is 2. The van der Waals surface area contributed by atoms with E-state index in [2.05, 4.69) is 41.8 Å². The van der Waals surface area contributed by atoms with Gasteiger partial charge in [0.25, 0.3) is 0 Å². The van der Waals surface area contributed by atoms with E-state index in [4.69, 9.17) is 58.5 Å². The van der Waals surface area contributed by atoms with Crippen LogP contribution in [-0.4, -0.2) is 190 Å². The molecule has 62 heavy (non-hydrogen) atoms. The molecule has 340 valence electrons. The van der Waals surface area contributed by atoms with Crippen molar-refractivity contribution in [2.75, 3.05) is 127 Å². The number of hydrogen-bond donors (Lipinski definition) is 5. The molecule has 0 aromatic carbocycles. The Hall–Kier alpha value is -6.10. The van der Waals surface area contributed by atoms with Gasteiger partial charge in [-0.25, -0.2) is 9.36 Å². The summed E-state index contributed by atoms with van der Waals surface area (Å²) in [5.74, 6) is 3.76. The summed E-state index contributed by atoms with van der Waals surface area (Å²) >= 11 is 0. The number of hydrogen-bond acceptors (Lipinski definition) is 17. The monoisotopic (exact) mass is 886 g/mol. The van der Waals surface area contributed by atoms with Crippen molar-refractivity contribution in [3.63, 3.8) is 0 Å². The van der Waals surface area contributed by atoms with Gasteiger partial charge >= 0.3 is 0 Å². The largest absolute Gasteiger partial charge is 0.377 e. The van der Waals surface area contributed by atoms with Gasteiger partial charge < -0.3 is 62.1 Å². The normalized spacial score (nSPS) is 13.9. The fourth-order valence-corrected chi connectivity index (χ4v) is 6.31. The Morgan fingerprint density at radius 2 is 1.13 bits per heavy atom. The average Bonchev–Trinajstić information content (AvgIpc) is 3.91. The number of ether oxygens (including phenoxy) is 3. The molecule has 2 aliphatic rings. The quantitative estimate of drug-likeness (QED) is 0.0241. The highest BCUT2D eigenvalue weighted by atomic mass is 35.5. The van der Waals surface area contributed by atoms with Gasteiger partial charge in [-0.15, -0.1) is 29.0 Å². The first-order chi connectivity index (χ1) is 29.7. The molecule has 0 aliphatic carbocycles. The van der Waals surface area contributed by atoms with Crippen LogP contribution in [-0.2, 0) is 49.7 Å². The second kappa shape index (κ2) is 26.3. The Morgan fingerprint density at radius 1 is 0.677 bits per heavy atom. The fraction of sp³-hybridized carbons (Fsp3) is 0.639. The Labute approximate surface area is 366 Å². The minimum Gasteiger partial charge on any atom is -0.377 e. The highest BCUT2D eigenvalue weighted by Gasteiger charge is 2.27. The number of nitrogens with zero attached hydrogens (tertiary/aromatic N) is 15. The number of aromatic nitrogens is 9. The molecule has 3 aromatic heterocycles. The molecule has 25 nitrogen and oxygen atoms in total. The SMILES string of the molecule is C#CCOCCOCCOCCNc1nc(N2CCN(C(=O)Cn3cc(CCCN=C(N)N)nn3)CC2)nc(N2CCN(C(=O)Cn3cc(CCCN=C(N)N)nn3)CC2)n1.Cl. The number of nitrogens with two attached hydrogens (primary N) is 4. The molecule has 0 spiro atoms. The molecule has 2 aliphatic heterocycles. The first kappa shape index (κ1) is 48.6. The number of carbonyl (C=O) groups is 2. The van der Waals surface area contributed by atoms with Crippen LogP contribution in [0.2, 0.25) is 0 Å². The van der Waals surface area contributed by atoms with E-state index >= 15 is 0 Å². The lowest BCUT2D eigenvalue weighted by molar-refractivity contribution is -0.133. The summed E-state index contributed by atoms with van der Waals surface area (Å²) in [4.78, 5) is 56.5. The lowest BCUT2D eigenvalue weighted by atomic mass is 10.2. The second-order valence-corrected chi connectivity index (χ2v) is 14.0. The van der Waals surface area contributed by atoms with E-state index in [9.17, 15) is 9.59 Å². The second-order valence-electron chi connectivity index (χ2n) is 14.0. The van der Waals surface area contributed by atoms with E-state index in [0.717, 1.165) is 11.4 Å². The van der Waals surface area contributed by atoms with E-state index in [0.29, 0.717) is 149 Å². The maximum absolute atomic E-state index is 13.2. The molecule has 26 heteroatoms. The van der Waals surface area contributed by atoms with E-state index < -0.39 is 0 Å². The number of terminal acetylenes is 1. The van der Waals surface area contributed by atoms with Gasteiger partial charge in [-0.05, 0) is 25.7 Å². The van der Waals surface area contributed by atoms with E-state index in [-0.39, 0.29) is 55.8 Å². The summed E-state index contributed by atoms with van der Waals surface area (Å²) in [7, 11) is 0. The zero-order valence-corrected chi connectivity index (χ0v) is 35.8. The number of halogens is 1. The van der Waals surface area contributed by atoms with Gasteiger partial charge in [0.1, 0.15) is 19.7 Å². The number of nitrogens with one attached hydrogen (secondary N) is 1. The number of anilines is 3. The maximum Gasteiger partial charge on any atom is 0.244 e. The van der Waals surface area contributed by atoms with Gasteiger partial charge in [-0.3, -0.25) is 19.6 Å². The molecule has 2 amide bonds. The molecule has 2 saturated heterocycles. The molecule has 2 fully saturated rings. The molecule has 0 saturated carbocycles. The van der Waals surface area contributed by atoms with Crippen LogP contribution in [0.1, 0.15) is 24.2 Å². The molecule has 9 N–H and O–H groups in total. The van der Waals surface area contributed by atoms with Gasteiger partial charge in [0.2, 0.25) is 29.7 Å². The topological polar surface area (TPSA) is 316 Å². The van der Waals surface area contributed by atoms with Crippen LogP contribution < -0.4 is 38.1 Å². The minimum absolute atomic E-state index is 0. The third-order valence-corrected chi connectivity index (χ3v) is 9.44. The predicted molar refractivity (Wildman–Crippen MR) is 232 cm³/mol. The number of aryl methyl sites for hydroxylation is 2. The fourth-order valence-electron chi connectivity index (χ4n) is 6.31. The minimum atomic E-state index is -0.0610. The maximum atomic E-state index is 13.2. The van der Waals surface area contributed by atoms with Crippen molar-refractivity contribution in [2.24, 2.45) is 32.9 Å². The summed E-state index contributed by atoms with van der Waals surface area (Å²) in [6.45, 7) is 7.88. The molecular weight excluding hydrogens is 828 g/mol. The number of guanidine groups is 2. The molecule has 5 heterocycles. The van der Waals surface area contributed by atoms with Crippen molar-refractivity contribution in [2.45, 2.75) is 38.8 Å². The molecule has 0 bridgehead atoms. The molecule has 5 rings (SSSR count). The van der Waals surface area contributed by atoms with Gasteiger partial charge in [-0.2, -0.15) is 15.0 Å². The zero-order valence-electron chi connectivity index (χ0n) is 35.0. The summed E-state index contributed by atoms with van der Waals surface area (Å²) in [6, 6.07) is 0. The molecular formula is C36H59ClN20O5. The predicted octanol–water partition coefficient (Wildman–Crippen LogP) is -3.32. The van der Waals surface area contributed by atoms with Crippen LogP contribution in [0.3, 0.4) is 0 Å².